The van der Waals surface area contributed by atoms with Gasteiger partial charge in [0.2, 0.25) is 11.2 Å². The molecule has 0 fully saturated rings. The Hall–Kier alpha value is -2.52. The number of benzene rings is 1. The number of nitrogens with zero attached hydrogens (tertiary/aromatic N) is 3. The SMILES string of the molecule is [B]C([B])([B])NC(=O)C([B])([B])Oc1cc2cc(Nc3nc(Cl)ncc3Cl)ccc2n(C)c1=O. The lowest BCUT2D eigenvalue weighted by Crippen LogP contribution is -2.61. The van der Waals surface area contributed by atoms with E-state index in [9.17, 15) is 9.59 Å². The number of anilines is 2. The number of hydrogen-bond acceptors (Lipinski definition) is 6. The number of fused-ring (bicyclic) bond motifs is 1. The van der Waals surface area contributed by atoms with Crippen molar-refractivity contribution in [2.45, 2.75) is 10.6 Å². The first-order chi connectivity index (χ1) is 14.8. The molecule has 32 heavy (non-hydrogen) atoms. The first-order valence-electron chi connectivity index (χ1n) is 8.82. The summed E-state index contributed by atoms with van der Waals surface area (Å²) >= 11 is 11.9. The van der Waals surface area contributed by atoms with E-state index in [-0.39, 0.29) is 21.9 Å². The van der Waals surface area contributed by atoms with Crippen molar-refractivity contribution in [3.8, 4) is 5.75 Å². The van der Waals surface area contributed by atoms with Gasteiger partial charge >= 0.3 is 0 Å². The summed E-state index contributed by atoms with van der Waals surface area (Å²) in [6.45, 7) is 0. The standard InChI is InChI=1S/C17H10B5Cl2N5O3/c1-29-10-3-2-8(26-12-9(23)6-25-15(24)27-12)4-7(10)5-11(13(29)30)32-16(18,19)14(31)28-17(20,21)22/h2-6H,1H3,(H,28,31)(H,25,26,27). The van der Waals surface area contributed by atoms with Crippen molar-refractivity contribution >= 4 is 90.7 Å². The molecule has 1 amide bonds. The van der Waals surface area contributed by atoms with Crippen LogP contribution in [0.25, 0.3) is 10.9 Å². The van der Waals surface area contributed by atoms with Crippen molar-refractivity contribution in [3.63, 3.8) is 0 Å². The molecule has 3 aromatic rings. The molecule has 1 aromatic carbocycles. The monoisotopic (exact) mass is 457 g/mol. The van der Waals surface area contributed by atoms with Crippen molar-refractivity contribution in [2.24, 2.45) is 7.05 Å². The number of amides is 1. The Morgan fingerprint density at radius 2 is 1.84 bits per heavy atom. The number of aromatic nitrogens is 3. The van der Waals surface area contributed by atoms with Gasteiger partial charge in [-0.2, -0.15) is 4.98 Å². The maximum Gasteiger partial charge on any atom is 0.293 e. The van der Waals surface area contributed by atoms with E-state index in [2.05, 4.69) is 15.3 Å². The maximum atomic E-state index is 12.7. The molecule has 150 valence electrons. The summed E-state index contributed by atoms with van der Waals surface area (Å²) in [7, 11) is 28.8. The number of hydrogen-bond donors (Lipinski definition) is 2. The van der Waals surface area contributed by atoms with E-state index in [0.717, 1.165) is 0 Å². The number of ether oxygens (including phenoxy) is 1. The zero-order valence-electron chi connectivity index (χ0n) is 16.6. The molecule has 0 spiro atoms. The Kier molecular flexibility index (Phi) is 6.63. The molecule has 0 atom stereocenters. The van der Waals surface area contributed by atoms with E-state index in [4.69, 9.17) is 67.2 Å². The van der Waals surface area contributed by atoms with Crippen molar-refractivity contribution in [1.29, 1.82) is 0 Å². The quantitative estimate of drug-likeness (QED) is 0.399. The van der Waals surface area contributed by atoms with Crippen molar-refractivity contribution in [1.82, 2.24) is 19.9 Å². The Morgan fingerprint density at radius 1 is 1.16 bits per heavy atom. The van der Waals surface area contributed by atoms with Crippen LogP contribution >= 0.6 is 23.2 Å². The minimum Gasteiger partial charge on any atom is -0.492 e. The number of nitrogens with one attached hydrogen (secondary N) is 2. The molecule has 0 saturated carbocycles. The second-order valence-corrected chi connectivity index (χ2v) is 7.63. The highest BCUT2D eigenvalue weighted by molar-refractivity contribution is 6.61. The van der Waals surface area contributed by atoms with Crippen LogP contribution in [0, 0.1) is 0 Å². The number of pyridine rings is 1. The molecular formula is C17H10B5Cl2N5O3. The normalized spacial score (nSPS) is 11.8. The van der Waals surface area contributed by atoms with E-state index in [0.29, 0.717) is 16.6 Å². The van der Waals surface area contributed by atoms with Crippen LogP contribution in [-0.4, -0.2) is 70.3 Å². The molecule has 2 heterocycles. The highest BCUT2D eigenvalue weighted by Crippen LogP contribution is 2.27. The van der Waals surface area contributed by atoms with Crippen LogP contribution in [0.2, 0.25) is 10.3 Å². The lowest BCUT2D eigenvalue weighted by Gasteiger charge is -2.32. The molecule has 2 N–H and O–H groups in total. The van der Waals surface area contributed by atoms with Crippen LogP contribution in [0.1, 0.15) is 0 Å². The predicted molar refractivity (Wildman–Crippen MR) is 128 cm³/mol. The minimum atomic E-state index is -2.50. The Balaban J connectivity index is 1.98. The van der Waals surface area contributed by atoms with Gasteiger partial charge in [-0.05, 0) is 35.9 Å². The molecule has 0 bridgehead atoms. The summed E-state index contributed by atoms with van der Waals surface area (Å²) in [4.78, 5) is 32.7. The average molecular weight is 457 g/mol. The van der Waals surface area contributed by atoms with E-state index in [1.807, 2.05) is 5.32 Å². The van der Waals surface area contributed by atoms with Crippen LogP contribution in [0.4, 0.5) is 11.5 Å². The summed E-state index contributed by atoms with van der Waals surface area (Å²) in [6.07, 6.45) is 1.35. The highest BCUT2D eigenvalue weighted by atomic mass is 35.5. The zero-order chi connectivity index (χ0) is 23.8. The van der Waals surface area contributed by atoms with E-state index in [1.165, 1.54) is 23.9 Å². The van der Waals surface area contributed by atoms with Crippen molar-refractivity contribution < 1.29 is 9.53 Å². The smallest absolute Gasteiger partial charge is 0.293 e. The first kappa shape index (κ1) is 24.1. The van der Waals surface area contributed by atoms with Gasteiger partial charge in [0.05, 0.1) is 35.3 Å². The molecule has 0 aliphatic carbocycles. The molecule has 8 nitrogen and oxygen atoms in total. The van der Waals surface area contributed by atoms with Crippen LogP contribution in [-0.2, 0) is 11.8 Å². The van der Waals surface area contributed by atoms with Gasteiger partial charge in [-0.25, -0.2) is 4.98 Å². The fraction of sp³-hybridized carbons (Fsp3) is 0.176. The van der Waals surface area contributed by atoms with Gasteiger partial charge in [0.1, 0.15) is 26.1 Å². The number of aryl methyl sites for hydroxylation is 1. The third-order valence-electron chi connectivity index (χ3n) is 4.13. The number of carbonyl (C=O) groups is 1. The highest BCUT2D eigenvalue weighted by Gasteiger charge is 2.31. The number of carbonyl (C=O) groups excluding carboxylic acids is 1. The summed E-state index contributed by atoms with van der Waals surface area (Å²) < 4.78 is 6.57. The fourth-order valence-corrected chi connectivity index (χ4v) is 2.97. The Bertz CT molecular complexity index is 1270. The topological polar surface area (TPSA) is 98.1 Å². The zero-order valence-corrected chi connectivity index (χ0v) is 18.1. The van der Waals surface area contributed by atoms with Crippen LogP contribution in [0.15, 0.2) is 35.3 Å². The van der Waals surface area contributed by atoms with Gasteiger partial charge in [-0.1, -0.05) is 16.8 Å². The van der Waals surface area contributed by atoms with Gasteiger partial charge in [-0.15, -0.1) is 0 Å². The maximum absolute atomic E-state index is 12.7. The van der Waals surface area contributed by atoms with Gasteiger partial charge in [0.25, 0.3) is 5.56 Å². The lowest BCUT2D eigenvalue weighted by atomic mass is 9.49. The second-order valence-electron chi connectivity index (χ2n) is 6.89. The Labute approximate surface area is 199 Å². The van der Waals surface area contributed by atoms with Crippen molar-refractivity contribution in [3.05, 3.63) is 51.1 Å². The fourth-order valence-electron chi connectivity index (χ4n) is 2.70. The summed E-state index contributed by atoms with van der Waals surface area (Å²) in [5.41, 5.74) is 0.507. The summed E-state index contributed by atoms with van der Waals surface area (Å²) in [6, 6.07) is 6.41. The number of rotatable bonds is 6. The van der Waals surface area contributed by atoms with Crippen LogP contribution < -0.4 is 20.9 Å². The molecule has 3 rings (SSSR count). The molecule has 0 aliphatic rings. The first-order valence-corrected chi connectivity index (χ1v) is 9.57. The largest absolute Gasteiger partial charge is 0.492 e. The molecule has 15 heteroatoms. The van der Waals surface area contributed by atoms with Gasteiger partial charge in [0, 0.05) is 18.1 Å². The average Bonchev–Trinajstić information content (AvgIpc) is 2.67. The minimum absolute atomic E-state index is 0.00716. The van der Waals surface area contributed by atoms with Crippen LogP contribution in [0.3, 0.4) is 0 Å². The second kappa shape index (κ2) is 8.79. The predicted octanol–water partition coefficient (Wildman–Crippen LogP) is -0.0185. The van der Waals surface area contributed by atoms with Gasteiger partial charge < -0.3 is 19.9 Å². The number of halogens is 2. The van der Waals surface area contributed by atoms with Crippen LogP contribution in [0.5, 0.6) is 5.75 Å². The van der Waals surface area contributed by atoms with E-state index in [1.54, 1.807) is 18.2 Å². The lowest BCUT2D eigenvalue weighted by molar-refractivity contribution is -0.126. The molecular weight excluding hydrogens is 447 g/mol. The molecule has 0 unspecified atom stereocenters. The van der Waals surface area contributed by atoms with Crippen molar-refractivity contribution in [2.75, 3.05) is 5.32 Å². The van der Waals surface area contributed by atoms with E-state index < -0.39 is 22.1 Å². The van der Waals surface area contributed by atoms with Gasteiger partial charge in [0.15, 0.2) is 11.6 Å². The molecule has 0 saturated heterocycles. The Morgan fingerprint density at radius 3 is 2.50 bits per heavy atom. The molecule has 2 aromatic heterocycles. The van der Waals surface area contributed by atoms with Gasteiger partial charge in [-0.3, -0.25) is 9.59 Å². The summed E-state index contributed by atoms with van der Waals surface area (Å²) in [5.74, 6) is -1.17. The molecule has 10 radical (unpaired) electrons. The third kappa shape index (κ3) is 5.45. The third-order valence-corrected chi connectivity index (χ3v) is 4.59. The summed E-state index contributed by atoms with van der Waals surface area (Å²) in [5, 5.41) is 1.16. The van der Waals surface area contributed by atoms with E-state index >= 15 is 0 Å². The molecule has 0 aliphatic heterocycles.